The molecule has 0 bridgehead atoms. The van der Waals surface area contributed by atoms with Crippen LogP contribution in [-0.4, -0.2) is 40.7 Å². The fourth-order valence-corrected chi connectivity index (χ4v) is 1.89. The standard InChI is InChI=1S/C9H10N2O4/c12-8(13)6-1-7-11(10-6)2-9(5-15-7)3-14-4-9/h1H,2-5H2,(H,12,13). The molecule has 1 fully saturated rings. The van der Waals surface area contributed by atoms with Crippen molar-refractivity contribution in [2.75, 3.05) is 19.8 Å². The normalized spacial score (nSPS) is 21.6. The van der Waals surface area contributed by atoms with Crippen molar-refractivity contribution in [3.63, 3.8) is 0 Å². The Morgan fingerprint density at radius 1 is 1.53 bits per heavy atom. The summed E-state index contributed by atoms with van der Waals surface area (Å²) in [6.45, 7) is 2.58. The average molecular weight is 210 g/mol. The monoisotopic (exact) mass is 210 g/mol. The van der Waals surface area contributed by atoms with Gasteiger partial charge in [0, 0.05) is 6.07 Å². The topological polar surface area (TPSA) is 73.6 Å². The van der Waals surface area contributed by atoms with E-state index in [2.05, 4.69) is 5.10 Å². The molecule has 2 aliphatic heterocycles. The van der Waals surface area contributed by atoms with Crippen LogP contribution in [0.1, 0.15) is 10.5 Å². The van der Waals surface area contributed by atoms with Gasteiger partial charge in [-0.15, -0.1) is 0 Å². The molecule has 0 amide bonds. The van der Waals surface area contributed by atoms with Crippen LogP contribution in [0, 0.1) is 5.41 Å². The summed E-state index contributed by atoms with van der Waals surface area (Å²) >= 11 is 0. The molecule has 1 aromatic rings. The van der Waals surface area contributed by atoms with E-state index in [-0.39, 0.29) is 11.1 Å². The van der Waals surface area contributed by atoms with Crippen LogP contribution in [0.5, 0.6) is 5.88 Å². The van der Waals surface area contributed by atoms with E-state index < -0.39 is 5.97 Å². The summed E-state index contributed by atoms with van der Waals surface area (Å²) in [6.07, 6.45) is 0. The number of nitrogens with zero attached hydrogens (tertiary/aromatic N) is 2. The molecule has 1 N–H and O–H groups in total. The highest BCUT2D eigenvalue weighted by Gasteiger charge is 2.43. The van der Waals surface area contributed by atoms with E-state index in [1.165, 1.54) is 6.07 Å². The smallest absolute Gasteiger partial charge is 0.356 e. The van der Waals surface area contributed by atoms with Gasteiger partial charge in [0.25, 0.3) is 0 Å². The van der Waals surface area contributed by atoms with Crippen LogP contribution in [-0.2, 0) is 11.3 Å². The Hall–Kier alpha value is -1.56. The largest absolute Gasteiger partial charge is 0.477 e. The minimum Gasteiger partial charge on any atom is -0.477 e. The second kappa shape index (κ2) is 2.73. The van der Waals surface area contributed by atoms with Gasteiger partial charge in [-0.25, -0.2) is 9.48 Å². The van der Waals surface area contributed by atoms with Crippen molar-refractivity contribution < 1.29 is 19.4 Å². The van der Waals surface area contributed by atoms with Crippen LogP contribution in [0.3, 0.4) is 0 Å². The molecule has 15 heavy (non-hydrogen) atoms. The van der Waals surface area contributed by atoms with Gasteiger partial charge < -0.3 is 14.6 Å². The Labute approximate surface area is 85.4 Å². The van der Waals surface area contributed by atoms with Gasteiger partial charge in [-0.1, -0.05) is 0 Å². The summed E-state index contributed by atoms with van der Waals surface area (Å²) in [4.78, 5) is 10.7. The van der Waals surface area contributed by atoms with Crippen molar-refractivity contribution in [3.8, 4) is 5.88 Å². The molecule has 0 atom stereocenters. The molecule has 6 heteroatoms. The van der Waals surface area contributed by atoms with Crippen molar-refractivity contribution in [1.82, 2.24) is 9.78 Å². The number of hydrogen-bond donors (Lipinski definition) is 1. The maximum absolute atomic E-state index is 10.7. The maximum atomic E-state index is 10.7. The first-order chi connectivity index (χ1) is 7.19. The van der Waals surface area contributed by atoms with E-state index in [1.807, 2.05) is 0 Å². The Kier molecular flexibility index (Phi) is 1.59. The molecule has 6 nitrogen and oxygen atoms in total. The number of ether oxygens (including phenoxy) is 2. The van der Waals surface area contributed by atoms with Crippen LogP contribution in [0.4, 0.5) is 0 Å². The van der Waals surface area contributed by atoms with Crippen molar-refractivity contribution in [2.45, 2.75) is 6.54 Å². The quantitative estimate of drug-likeness (QED) is 0.705. The summed E-state index contributed by atoms with van der Waals surface area (Å²) < 4.78 is 12.2. The average Bonchev–Trinajstić information content (AvgIpc) is 2.57. The highest BCUT2D eigenvalue weighted by molar-refractivity contribution is 5.85. The van der Waals surface area contributed by atoms with Gasteiger partial charge >= 0.3 is 5.97 Å². The first kappa shape index (κ1) is 8.72. The minimum atomic E-state index is -1.03. The number of fused-ring (bicyclic) bond motifs is 1. The molecular formula is C9H10N2O4. The van der Waals surface area contributed by atoms with E-state index in [1.54, 1.807) is 4.68 Å². The Balaban J connectivity index is 1.92. The zero-order valence-electron chi connectivity index (χ0n) is 7.97. The van der Waals surface area contributed by atoms with E-state index in [0.717, 1.165) is 0 Å². The molecule has 1 saturated heterocycles. The number of rotatable bonds is 1. The first-order valence-corrected chi connectivity index (χ1v) is 4.70. The zero-order chi connectivity index (χ0) is 10.5. The molecule has 1 spiro atoms. The van der Waals surface area contributed by atoms with E-state index in [4.69, 9.17) is 14.6 Å². The van der Waals surface area contributed by atoms with Gasteiger partial charge in [-0.2, -0.15) is 5.10 Å². The number of carboxylic acid groups (broad SMARTS) is 1. The van der Waals surface area contributed by atoms with Gasteiger partial charge in [0.2, 0.25) is 5.88 Å². The summed E-state index contributed by atoms with van der Waals surface area (Å²) in [5.41, 5.74) is 0.0386. The predicted molar refractivity (Wildman–Crippen MR) is 47.9 cm³/mol. The molecule has 0 aromatic carbocycles. The number of aromatic carboxylic acids is 1. The third-order valence-electron chi connectivity index (χ3n) is 2.79. The van der Waals surface area contributed by atoms with Crippen LogP contribution >= 0.6 is 0 Å². The molecule has 1 aromatic heterocycles. The second-order valence-corrected chi connectivity index (χ2v) is 4.11. The number of carboxylic acids is 1. The summed E-state index contributed by atoms with van der Waals surface area (Å²) in [7, 11) is 0. The zero-order valence-corrected chi connectivity index (χ0v) is 7.97. The number of carbonyl (C=O) groups is 1. The van der Waals surface area contributed by atoms with Gasteiger partial charge in [-0.3, -0.25) is 0 Å². The third-order valence-corrected chi connectivity index (χ3v) is 2.79. The third kappa shape index (κ3) is 1.21. The molecule has 0 saturated carbocycles. The van der Waals surface area contributed by atoms with Crippen molar-refractivity contribution in [2.24, 2.45) is 5.41 Å². The van der Waals surface area contributed by atoms with Crippen molar-refractivity contribution in [1.29, 1.82) is 0 Å². The van der Waals surface area contributed by atoms with Gasteiger partial charge in [0.05, 0.1) is 25.2 Å². The fraction of sp³-hybridized carbons (Fsp3) is 0.556. The Morgan fingerprint density at radius 2 is 2.33 bits per heavy atom. The molecular weight excluding hydrogens is 200 g/mol. The van der Waals surface area contributed by atoms with Crippen molar-refractivity contribution in [3.05, 3.63) is 11.8 Å². The van der Waals surface area contributed by atoms with Crippen LogP contribution in [0.25, 0.3) is 0 Å². The minimum absolute atomic E-state index is 0.00872. The molecule has 0 radical (unpaired) electrons. The molecule has 3 rings (SSSR count). The first-order valence-electron chi connectivity index (χ1n) is 4.70. The molecule has 0 unspecified atom stereocenters. The lowest BCUT2D eigenvalue weighted by Crippen LogP contribution is -2.52. The van der Waals surface area contributed by atoms with Crippen molar-refractivity contribution >= 4 is 5.97 Å². The molecule has 80 valence electrons. The van der Waals surface area contributed by atoms with Crippen LogP contribution in [0.2, 0.25) is 0 Å². The van der Waals surface area contributed by atoms with Crippen LogP contribution < -0.4 is 4.74 Å². The highest BCUT2D eigenvalue weighted by Crippen LogP contribution is 2.35. The number of aromatic nitrogens is 2. The predicted octanol–water partition coefficient (Wildman–Crippen LogP) is -0.00970. The number of hydrogen-bond acceptors (Lipinski definition) is 4. The molecule has 3 heterocycles. The Bertz CT molecular complexity index is 422. The lowest BCUT2D eigenvalue weighted by atomic mass is 9.86. The summed E-state index contributed by atoms with van der Waals surface area (Å²) in [5, 5.41) is 12.7. The summed E-state index contributed by atoms with van der Waals surface area (Å²) in [6, 6.07) is 1.45. The van der Waals surface area contributed by atoms with E-state index >= 15 is 0 Å². The SMILES string of the molecule is O=C(O)c1cc2n(n1)CC1(COC1)CO2. The fourth-order valence-electron chi connectivity index (χ4n) is 1.89. The molecule has 2 aliphatic rings. The molecule has 0 aliphatic carbocycles. The summed E-state index contributed by atoms with van der Waals surface area (Å²) in [5.74, 6) is -0.496. The van der Waals surface area contributed by atoms with Gasteiger partial charge in [0.15, 0.2) is 5.69 Å². The highest BCUT2D eigenvalue weighted by atomic mass is 16.5. The van der Waals surface area contributed by atoms with E-state index in [0.29, 0.717) is 32.2 Å². The van der Waals surface area contributed by atoms with Crippen LogP contribution in [0.15, 0.2) is 6.07 Å². The second-order valence-electron chi connectivity index (χ2n) is 4.11. The maximum Gasteiger partial charge on any atom is 0.356 e. The van der Waals surface area contributed by atoms with Gasteiger partial charge in [0.1, 0.15) is 6.61 Å². The lowest BCUT2D eigenvalue weighted by molar-refractivity contribution is -0.153. The van der Waals surface area contributed by atoms with Gasteiger partial charge in [-0.05, 0) is 0 Å². The lowest BCUT2D eigenvalue weighted by Gasteiger charge is -2.43. The van der Waals surface area contributed by atoms with E-state index in [9.17, 15) is 4.79 Å². The Morgan fingerprint density at radius 3 is 2.93 bits per heavy atom.